The van der Waals surface area contributed by atoms with Gasteiger partial charge in [-0.15, -0.1) is 0 Å². The summed E-state index contributed by atoms with van der Waals surface area (Å²) < 4.78 is 6.98. The van der Waals surface area contributed by atoms with Crippen LogP contribution in [0.4, 0.5) is 0 Å². The third-order valence-corrected chi connectivity index (χ3v) is 4.60. The van der Waals surface area contributed by atoms with Crippen molar-refractivity contribution in [1.29, 1.82) is 0 Å². The molecule has 1 atom stereocenters. The van der Waals surface area contributed by atoms with Gasteiger partial charge in [-0.25, -0.2) is 9.78 Å². The van der Waals surface area contributed by atoms with E-state index in [-0.39, 0.29) is 16.6 Å². The lowest BCUT2D eigenvalue weighted by molar-refractivity contribution is 0.0288. The molecule has 2 heterocycles. The van der Waals surface area contributed by atoms with Crippen LogP contribution in [-0.4, -0.2) is 27.5 Å². The molecule has 0 amide bonds. The largest absolute Gasteiger partial charge is 0.449 e. The molecule has 4 aromatic rings. The third kappa shape index (κ3) is 3.06. The van der Waals surface area contributed by atoms with E-state index in [4.69, 9.17) is 16.3 Å². The lowest BCUT2D eigenvalue weighted by atomic mass is 10.2. The van der Waals surface area contributed by atoms with Crippen molar-refractivity contribution in [3.8, 4) is 0 Å². The predicted molar refractivity (Wildman–Crippen MR) is 104 cm³/mol. The van der Waals surface area contributed by atoms with E-state index < -0.39 is 12.1 Å². The van der Waals surface area contributed by atoms with Gasteiger partial charge in [-0.1, -0.05) is 48.0 Å². The van der Waals surface area contributed by atoms with Crippen LogP contribution in [0.15, 0.2) is 66.9 Å². The second kappa shape index (κ2) is 6.85. The van der Waals surface area contributed by atoms with Crippen molar-refractivity contribution in [2.24, 2.45) is 0 Å². The van der Waals surface area contributed by atoms with Gasteiger partial charge in [-0.05, 0) is 31.2 Å². The van der Waals surface area contributed by atoms with E-state index in [1.807, 2.05) is 48.5 Å². The Morgan fingerprint density at radius 1 is 1.00 bits per heavy atom. The molecule has 2 aromatic heterocycles. The van der Waals surface area contributed by atoms with E-state index >= 15 is 0 Å². The van der Waals surface area contributed by atoms with Crippen LogP contribution >= 0.6 is 11.6 Å². The molecule has 0 radical (unpaired) electrons. The average molecular weight is 379 g/mol. The molecule has 0 bridgehead atoms. The summed E-state index contributed by atoms with van der Waals surface area (Å²) in [5, 5.41) is 2.13. The standard InChI is InChI=1S/C21H15ClN2O3/c1-13(27-21(26)14-10-11-23-19(22)12-14)20(25)24-17-8-4-2-6-15(17)16-7-3-5-9-18(16)24/h2-13H,1H3. The van der Waals surface area contributed by atoms with Crippen LogP contribution in [0, 0.1) is 0 Å². The summed E-state index contributed by atoms with van der Waals surface area (Å²) in [7, 11) is 0. The average Bonchev–Trinajstić information content (AvgIpc) is 3.02. The highest BCUT2D eigenvalue weighted by Gasteiger charge is 2.24. The fourth-order valence-electron chi connectivity index (χ4n) is 3.15. The number of fused-ring (bicyclic) bond motifs is 3. The SMILES string of the molecule is CC(OC(=O)c1ccnc(Cl)c1)C(=O)n1c2ccccc2c2ccccc21. The Morgan fingerprint density at radius 2 is 1.59 bits per heavy atom. The number of carbonyl (C=O) groups excluding carboxylic acids is 2. The zero-order chi connectivity index (χ0) is 19.0. The molecule has 4 rings (SSSR count). The van der Waals surface area contributed by atoms with Gasteiger partial charge in [0.1, 0.15) is 5.15 Å². The molecule has 5 nitrogen and oxygen atoms in total. The van der Waals surface area contributed by atoms with Gasteiger partial charge in [0.15, 0.2) is 6.10 Å². The highest BCUT2D eigenvalue weighted by Crippen LogP contribution is 2.29. The van der Waals surface area contributed by atoms with Crippen LogP contribution in [0.3, 0.4) is 0 Å². The minimum absolute atomic E-state index is 0.186. The first kappa shape index (κ1) is 17.2. The van der Waals surface area contributed by atoms with Crippen molar-refractivity contribution in [3.63, 3.8) is 0 Å². The second-order valence-corrected chi connectivity index (χ2v) is 6.51. The lowest BCUT2D eigenvalue weighted by Crippen LogP contribution is -2.29. The smallest absolute Gasteiger partial charge is 0.339 e. The Kier molecular flexibility index (Phi) is 4.38. The molecule has 134 valence electrons. The summed E-state index contributed by atoms with van der Waals surface area (Å²) in [5.41, 5.74) is 1.80. The third-order valence-electron chi connectivity index (χ3n) is 4.39. The number of halogens is 1. The molecule has 1 unspecified atom stereocenters. The predicted octanol–water partition coefficient (Wildman–Crippen LogP) is 4.73. The number of pyridine rings is 1. The molecule has 0 fully saturated rings. The highest BCUT2D eigenvalue weighted by atomic mass is 35.5. The first-order valence-corrected chi connectivity index (χ1v) is 8.79. The Hall–Kier alpha value is -3.18. The number of benzene rings is 2. The molecule has 0 saturated carbocycles. The molecule has 2 aromatic carbocycles. The maximum absolute atomic E-state index is 13.1. The van der Waals surface area contributed by atoms with Gasteiger partial charge in [0.2, 0.25) is 0 Å². The Morgan fingerprint density at radius 3 is 2.19 bits per heavy atom. The maximum atomic E-state index is 13.1. The van der Waals surface area contributed by atoms with Crippen LogP contribution in [0.1, 0.15) is 22.1 Å². The van der Waals surface area contributed by atoms with Gasteiger partial charge in [-0.2, -0.15) is 0 Å². The van der Waals surface area contributed by atoms with Gasteiger partial charge < -0.3 is 4.74 Å². The van der Waals surface area contributed by atoms with Crippen LogP contribution in [-0.2, 0) is 4.74 Å². The number of carbonyl (C=O) groups is 2. The van der Waals surface area contributed by atoms with Crippen LogP contribution in [0.25, 0.3) is 21.8 Å². The Labute approximate surface area is 160 Å². The molecule has 27 heavy (non-hydrogen) atoms. The first-order valence-electron chi connectivity index (χ1n) is 8.41. The van der Waals surface area contributed by atoms with Crippen molar-refractivity contribution >= 4 is 45.3 Å². The minimum Gasteiger partial charge on any atom is -0.449 e. The van der Waals surface area contributed by atoms with Gasteiger partial charge in [0.25, 0.3) is 5.91 Å². The molecule has 6 heteroatoms. The molecular weight excluding hydrogens is 364 g/mol. The van der Waals surface area contributed by atoms with Gasteiger partial charge in [-0.3, -0.25) is 9.36 Å². The van der Waals surface area contributed by atoms with E-state index in [0.717, 1.165) is 21.8 Å². The van der Waals surface area contributed by atoms with E-state index in [2.05, 4.69) is 4.98 Å². The maximum Gasteiger partial charge on any atom is 0.339 e. The van der Waals surface area contributed by atoms with Gasteiger partial charge in [0.05, 0.1) is 16.6 Å². The number of aromatic nitrogens is 2. The molecule has 0 aliphatic carbocycles. The molecule has 0 aliphatic heterocycles. The summed E-state index contributed by atoms with van der Waals surface area (Å²) in [6.45, 7) is 1.56. The fourth-order valence-corrected chi connectivity index (χ4v) is 3.32. The topological polar surface area (TPSA) is 61.2 Å². The number of nitrogens with zero attached hydrogens (tertiary/aromatic N) is 2. The summed E-state index contributed by atoms with van der Waals surface area (Å²) >= 11 is 5.81. The van der Waals surface area contributed by atoms with Crippen LogP contribution < -0.4 is 0 Å². The number of para-hydroxylation sites is 2. The summed E-state index contributed by atoms with van der Waals surface area (Å²) in [5.74, 6) is -0.943. The number of hydrogen-bond donors (Lipinski definition) is 0. The zero-order valence-corrected chi connectivity index (χ0v) is 15.2. The number of hydrogen-bond acceptors (Lipinski definition) is 4. The van der Waals surface area contributed by atoms with Gasteiger partial charge in [0, 0.05) is 17.0 Å². The highest BCUT2D eigenvalue weighted by molar-refractivity contribution is 6.29. The summed E-state index contributed by atoms with van der Waals surface area (Å²) in [4.78, 5) is 29.3. The van der Waals surface area contributed by atoms with Gasteiger partial charge >= 0.3 is 5.97 Å². The molecule has 0 aliphatic rings. The molecule has 0 saturated heterocycles. The first-order chi connectivity index (χ1) is 13.1. The van der Waals surface area contributed by atoms with Crippen LogP contribution in [0.2, 0.25) is 5.15 Å². The zero-order valence-electron chi connectivity index (χ0n) is 14.4. The number of rotatable bonds is 3. The monoisotopic (exact) mass is 378 g/mol. The fraction of sp³-hybridized carbons (Fsp3) is 0.0952. The Bertz CT molecular complexity index is 1130. The van der Waals surface area contributed by atoms with Crippen molar-refractivity contribution in [2.45, 2.75) is 13.0 Å². The molecule has 0 N–H and O–H groups in total. The van der Waals surface area contributed by atoms with Crippen molar-refractivity contribution < 1.29 is 14.3 Å². The summed E-state index contributed by atoms with van der Waals surface area (Å²) in [6, 6.07) is 18.2. The quantitative estimate of drug-likeness (QED) is 0.382. The number of ether oxygens (including phenoxy) is 1. The minimum atomic E-state index is -0.969. The van der Waals surface area contributed by atoms with E-state index in [1.54, 1.807) is 11.5 Å². The normalized spacial score (nSPS) is 12.2. The molecular formula is C21H15ClN2O3. The van der Waals surface area contributed by atoms with E-state index in [1.165, 1.54) is 18.3 Å². The number of esters is 1. The Balaban J connectivity index is 1.71. The van der Waals surface area contributed by atoms with E-state index in [0.29, 0.717) is 0 Å². The van der Waals surface area contributed by atoms with Crippen LogP contribution in [0.5, 0.6) is 0 Å². The van der Waals surface area contributed by atoms with Crippen molar-refractivity contribution in [3.05, 3.63) is 77.6 Å². The van der Waals surface area contributed by atoms with Crippen molar-refractivity contribution in [2.75, 3.05) is 0 Å². The second-order valence-electron chi connectivity index (χ2n) is 6.12. The summed E-state index contributed by atoms with van der Waals surface area (Å²) in [6.07, 6.45) is 0.446. The van der Waals surface area contributed by atoms with E-state index in [9.17, 15) is 9.59 Å². The lowest BCUT2D eigenvalue weighted by Gasteiger charge is -2.14. The van der Waals surface area contributed by atoms with Crippen molar-refractivity contribution in [1.82, 2.24) is 9.55 Å². The molecule has 0 spiro atoms.